The minimum Gasteiger partial charge on any atom is -0.288 e. The highest BCUT2D eigenvalue weighted by atomic mass is 32.2. The lowest BCUT2D eigenvalue weighted by Gasteiger charge is -2.33. The average molecular weight is 289 g/mol. The molecule has 0 amide bonds. The van der Waals surface area contributed by atoms with Crippen molar-refractivity contribution in [2.24, 2.45) is 0 Å². The number of rotatable bonds is 1. The van der Waals surface area contributed by atoms with Crippen LogP contribution >= 0.6 is 0 Å². The van der Waals surface area contributed by atoms with Gasteiger partial charge in [-0.05, 0) is 42.5 Å². The van der Waals surface area contributed by atoms with E-state index in [0.717, 1.165) is 36.0 Å². The highest BCUT2D eigenvalue weighted by molar-refractivity contribution is 7.93. The molecule has 2 bridgehead atoms. The number of hydrogen-bond donors (Lipinski definition) is 0. The third kappa shape index (κ3) is 1.71. The van der Waals surface area contributed by atoms with Crippen LogP contribution in [0.1, 0.15) is 31.2 Å². The molecule has 6 heteroatoms. The molecule has 1 fully saturated rings. The first-order chi connectivity index (χ1) is 9.64. The lowest BCUT2D eigenvalue weighted by Crippen LogP contribution is -2.38. The maximum absolute atomic E-state index is 12.3. The summed E-state index contributed by atoms with van der Waals surface area (Å²) in [7, 11) is -2.95. The third-order valence-electron chi connectivity index (χ3n) is 4.40. The van der Waals surface area contributed by atoms with Crippen molar-refractivity contribution in [3.63, 3.8) is 0 Å². The summed E-state index contributed by atoms with van der Waals surface area (Å²) in [6, 6.07) is 3.92. The van der Waals surface area contributed by atoms with Gasteiger partial charge in [-0.1, -0.05) is 12.5 Å². The molecular weight excluding hydrogens is 274 g/mol. The maximum Gasteiger partial charge on any atom is 0.160 e. The van der Waals surface area contributed by atoms with Gasteiger partial charge in [0.1, 0.15) is 6.33 Å². The van der Waals surface area contributed by atoms with Crippen LogP contribution in [0.4, 0.5) is 0 Å². The summed E-state index contributed by atoms with van der Waals surface area (Å²) in [6.45, 7) is 0. The lowest BCUT2D eigenvalue weighted by atomic mass is 9.94. The zero-order chi connectivity index (χ0) is 13.7. The Bertz CT molecular complexity index is 807. The summed E-state index contributed by atoms with van der Waals surface area (Å²) in [5, 5.41) is 7.36. The molecule has 4 heterocycles. The van der Waals surface area contributed by atoms with E-state index in [9.17, 15) is 8.42 Å². The molecule has 20 heavy (non-hydrogen) atoms. The van der Waals surface area contributed by atoms with Crippen LogP contribution in [0.3, 0.4) is 0 Å². The Hall–Kier alpha value is -1.69. The Morgan fingerprint density at radius 3 is 3.00 bits per heavy atom. The zero-order valence-corrected chi connectivity index (χ0v) is 11.8. The van der Waals surface area contributed by atoms with E-state index in [-0.39, 0.29) is 10.5 Å². The smallest absolute Gasteiger partial charge is 0.160 e. The van der Waals surface area contributed by atoms with Gasteiger partial charge in [-0.25, -0.2) is 8.42 Å². The number of nitrogens with zero attached hydrogens (tertiary/aromatic N) is 3. The van der Waals surface area contributed by atoms with Crippen molar-refractivity contribution in [2.45, 2.75) is 36.2 Å². The van der Waals surface area contributed by atoms with E-state index in [1.165, 1.54) is 0 Å². The van der Waals surface area contributed by atoms with E-state index >= 15 is 0 Å². The van der Waals surface area contributed by atoms with Crippen LogP contribution in [0, 0.1) is 0 Å². The fourth-order valence-corrected chi connectivity index (χ4v) is 5.54. The van der Waals surface area contributed by atoms with Gasteiger partial charge in [0, 0.05) is 6.20 Å². The second kappa shape index (κ2) is 4.15. The van der Waals surface area contributed by atoms with E-state index in [4.69, 9.17) is 0 Å². The summed E-state index contributed by atoms with van der Waals surface area (Å²) in [4.78, 5) is 0. The standard InChI is InChI=1S/C14H15N3O2S/c18-20(19)12-2-1-3-13(20)7-11(6-12)10-4-5-14-16-15-9-17(14)8-10/h4-6,8-9,12-13H,1-3,7H2. The van der Waals surface area contributed by atoms with Crippen molar-refractivity contribution >= 4 is 21.1 Å². The van der Waals surface area contributed by atoms with Crippen molar-refractivity contribution in [1.82, 2.24) is 14.6 Å². The second-order valence-electron chi connectivity index (χ2n) is 5.59. The fourth-order valence-electron chi connectivity index (χ4n) is 3.29. The topological polar surface area (TPSA) is 64.3 Å². The first-order valence-corrected chi connectivity index (χ1v) is 8.49. The number of pyridine rings is 1. The van der Waals surface area contributed by atoms with Gasteiger partial charge in [-0.3, -0.25) is 4.40 Å². The molecular formula is C14H15N3O2S. The predicted molar refractivity (Wildman–Crippen MR) is 75.9 cm³/mol. The number of sulfone groups is 1. The van der Waals surface area contributed by atoms with Crippen molar-refractivity contribution in [3.8, 4) is 0 Å². The van der Waals surface area contributed by atoms with Gasteiger partial charge in [0.05, 0.1) is 10.5 Å². The van der Waals surface area contributed by atoms with Gasteiger partial charge in [0.2, 0.25) is 0 Å². The van der Waals surface area contributed by atoms with Gasteiger partial charge in [0.15, 0.2) is 15.5 Å². The molecule has 2 atom stereocenters. The van der Waals surface area contributed by atoms with Crippen LogP contribution in [0.15, 0.2) is 30.7 Å². The van der Waals surface area contributed by atoms with E-state index in [2.05, 4.69) is 10.2 Å². The number of hydrogen-bond acceptors (Lipinski definition) is 4. The lowest BCUT2D eigenvalue weighted by molar-refractivity contribution is 0.518. The summed E-state index contributed by atoms with van der Waals surface area (Å²) in [6.07, 6.45) is 8.81. The molecule has 2 unspecified atom stereocenters. The largest absolute Gasteiger partial charge is 0.288 e. The average Bonchev–Trinajstić information content (AvgIpc) is 2.84. The van der Waals surface area contributed by atoms with E-state index in [0.29, 0.717) is 6.42 Å². The minimum absolute atomic E-state index is 0.196. The monoisotopic (exact) mass is 289 g/mol. The zero-order valence-electron chi connectivity index (χ0n) is 10.9. The predicted octanol–water partition coefficient (Wildman–Crippen LogP) is 1.85. The van der Waals surface area contributed by atoms with Crippen LogP contribution in [-0.4, -0.2) is 33.5 Å². The quantitative estimate of drug-likeness (QED) is 0.803. The van der Waals surface area contributed by atoms with E-state index < -0.39 is 9.84 Å². The molecule has 0 aliphatic carbocycles. The second-order valence-corrected chi connectivity index (χ2v) is 8.04. The van der Waals surface area contributed by atoms with Gasteiger partial charge >= 0.3 is 0 Å². The molecule has 4 rings (SSSR count). The van der Waals surface area contributed by atoms with Crippen molar-refractivity contribution in [2.75, 3.05) is 0 Å². The highest BCUT2D eigenvalue weighted by Gasteiger charge is 2.40. The van der Waals surface area contributed by atoms with Crippen LogP contribution in [0.25, 0.3) is 11.2 Å². The first kappa shape index (κ1) is 12.1. The van der Waals surface area contributed by atoms with Gasteiger partial charge in [-0.2, -0.15) is 0 Å². The third-order valence-corrected chi connectivity index (χ3v) is 6.95. The Kier molecular flexibility index (Phi) is 2.51. The van der Waals surface area contributed by atoms with Crippen LogP contribution < -0.4 is 0 Å². The molecule has 2 aromatic heterocycles. The molecule has 104 valence electrons. The van der Waals surface area contributed by atoms with Gasteiger partial charge in [0.25, 0.3) is 0 Å². The normalized spacial score (nSPS) is 28.3. The SMILES string of the molecule is O=S1(=O)C2C=C(c3ccc4nncn4c3)CC1CCC2. The maximum atomic E-state index is 12.3. The molecule has 2 aromatic rings. The Morgan fingerprint density at radius 1 is 1.25 bits per heavy atom. The Morgan fingerprint density at radius 2 is 2.15 bits per heavy atom. The molecule has 2 aliphatic heterocycles. The summed E-state index contributed by atoms with van der Waals surface area (Å²) in [5.41, 5.74) is 3.02. The van der Waals surface area contributed by atoms with Gasteiger partial charge in [-0.15, -0.1) is 10.2 Å². The van der Waals surface area contributed by atoms with Crippen LogP contribution in [0.5, 0.6) is 0 Å². The molecule has 0 radical (unpaired) electrons. The number of aromatic nitrogens is 3. The summed E-state index contributed by atoms with van der Waals surface area (Å²) < 4.78 is 26.4. The Balaban J connectivity index is 1.80. The number of allylic oxidation sites excluding steroid dienone is 1. The molecule has 0 N–H and O–H groups in total. The van der Waals surface area contributed by atoms with Crippen LogP contribution in [0.2, 0.25) is 0 Å². The van der Waals surface area contributed by atoms with Crippen molar-refractivity contribution in [3.05, 3.63) is 36.3 Å². The molecule has 0 aromatic carbocycles. The molecule has 0 spiro atoms. The summed E-state index contributed by atoms with van der Waals surface area (Å²) >= 11 is 0. The number of fused-ring (bicyclic) bond motifs is 3. The molecule has 0 saturated carbocycles. The van der Waals surface area contributed by atoms with Crippen LogP contribution in [-0.2, 0) is 9.84 Å². The van der Waals surface area contributed by atoms with Crippen molar-refractivity contribution in [1.29, 1.82) is 0 Å². The Labute approximate surface area is 117 Å². The van der Waals surface area contributed by atoms with Gasteiger partial charge < -0.3 is 0 Å². The fraction of sp³-hybridized carbons (Fsp3) is 0.429. The highest BCUT2D eigenvalue weighted by Crippen LogP contribution is 2.39. The molecule has 5 nitrogen and oxygen atoms in total. The van der Waals surface area contributed by atoms with E-state index in [1.807, 2.05) is 28.8 Å². The summed E-state index contributed by atoms with van der Waals surface area (Å²) in [5.74, 6) is 0. The molecule has 2 aliphatic rings. The van der Waals surface area contributed by atoms with E-state index in [1.54, 1.807) is 6.33 Å². The van der Waals surface area contributed by atoms with Crippen molar-refractivity contribution < 1.29 is 8.42 Å². The minimum atomic E-state index is -2.95. The molecule has 1 saturated heterocycles. The first-order valence-electron chi connectivity index (χ1n) is 6.88.